The molecule has 60 valence electrons. The van der Waals surface area contributed by atoms with Crippen molar-refractivity contribution < 1.29 is 0 Å². The van der Waals surface area contributed by atoms with Crippen molar-refractivity contribution in [3.05, 3.63) is 0 Å². The molecule has 1 fully saturated rings. The number of rotatable bonds is 0. The normalized spacial score (nSPS) is 34.8. The highest BCUT2D eigenvalue weighted by molar-refractivity contribution is 4.87. The maximum Gasteiger partial charge on any atom is 0.0119 e. The van der Waals surface area contributed by atoms with Crippen molar-refractivity contribution in [3.8, 4) is 0 Å². The van der Waals surface area contributed by atoms with Gasteiger partial charge in [-0.25, -0.2) is 0 Å². The standard InChI is InChI=1S/C9H19N/c1-7-5-8(10-6-7)9(2,3)4/h7-8,10H,5-6H2,1-4H3/t7-,8-/m1/s1. The van der Waals surface area contributed by atoms with Crippen LogP contribution in [-0.2, 0) is 0 Å². The summed E-state index contributed by atoms with van der Waals surface area (Å²) in [5, 5.41) is 3.55. The minimum absolute atomic E-state index is 0.449. The van der Waals surface area contributed by atoms with Gasteiger partial charge < -0.3 is 5.32 Å². The highest BCUT2D eigenvalue weighted by atomic mass is 15.0. The molecular weight excluding hydrogens is 122 g/mol. The maximum atomic E-state index is 3.55. The third-order valence-electron chi connectivity index (χ3n) is 2.40. The van der Waals surface area contributed by atoms with Crippen LogP contribution in [0.25, 0.3) is 0 Å². The molecule has 0 amide bonds. The number of hydrogen-bond donors (Lipinski definition) is 1. The van der Waals surface area contributed by atoms with Crippen molar-refractivity contribution in [1.82, 2.24) is 5.32 Å². The van der Waals surface area contributed by atoms with Crippen LogP contribution in [0.3, 0.4) is 0 Å². The Kier molecular flexibility index (Phi) is 2.04. The molecule has 1 heteroatoms. The molecule has 0 saturated carbocycles. The molecule has 0 aromatic rings. The Balaban J connectivity index is 2.45. The monoisotopic (exact) mass is 141 g/mol. The van der Waals surface area contributed by atoms with Gasteiger partial charge in [-0.3, -0.25) is 0 Å². The summed E-state index contributed by atoms with van der Waals surface area (Å²) in [7, 11) is 0. The second kappa shape index (κ2) is 2.54. The van der Waals surface area contributed by atoms with E-state index in [1.54, 1.807) is 0 Å². The van der Waals surface area contributed by atoms with Crippen molar-refractivity contribution in [3.63, 3.8) is 0 Å². The molecule has 1 nitrogen and oxygen atoms in total. The third kappa shape index (κ3) is 1.72. The first kappa shape index (κ1) is 8.06. The van der Waals surface area contributed by atoms with Crippen molar-refractivity contribution in [2.45, 2.75) is 40.2 Å². The van der Waals surface area contributed by atoms with Gasteiger partial charge in [0.15, 0.2) is 0 Å². The fraction of sp³-hybridized carbons (Fsp3) is 1.00. The summed E-state index contributed by atoms with van der Waals surface area (Å²) in [6, 6.07) is 0.738. The second-order valence-electron chi connectivity index (χ2n) is 4.67. The number of hydrogen-bond acceptors (Lipinski definition) is 1. The topological polar surface area (TPSA) is 12.0 Å². The highest BCUT2D eigenvalue weighted by Crippen LogP contribution is 2.28. The molecule has 0 aromatic carbocycles. The van der Waals surface area contributed by atoms with E-state index in [1.807, 2.05) is 0 Å². The van der Waals surface area contributed by atoms with Gasteiger partial charge in [-0.2, -0.15) is 0 Å². The molecule has 0 unspecified atom stereocenters. The first-order valence-corrected chi connectivity index (χ1v) is 4.23. The molecule has 0 aromatic heterocycles. The lowest BCUT2D eigenvalue weighted by atomic mass is 9.85. The van der Waals surface area contributed by atoms with Gasteiger partial charge in [0.05, 0.1) is 0 Å². The van der Waals surface area contributed by atoms with Crippen LogP contribution in [-0.4, -0.2) is 12.6 Å². The molecule has 1 heterocycles. The summed E-state index contributed by atoms with van der Waals surface area (Å²) in [5.41, 5.74) is 0.449. The van der Waals surface area contributed by atoms with E-state index in [9.17, 15) is 0 Å². The lowest BCUT2D eigenvalue weighted by Crippen LogP contribution is -2.34. The fourth-order valence-corrected chi connectivity index (χ4v) is 1.57. The van der Waals surface area contributed by atoms with E-state index in [4.69, 9.17) is 0 Å². The Hall–Kier alpha value is -0.0400. The quantitative estimate of drug-likeness (QED) is 0.544. The van der Waals surface area contributed by atoms with E-state index < -0.39 is 0 Å². The van der Waals surface area contributed by atoms with Crippen LogP contribution in [0.5, 0.6) is 0 Å². The molecule has 1 N–H and O–H groups in total. The molecule has 1 aliphatic rings. The van der Waals surface area contributed by atoms with Gasteiger partial charge in [0, 0.05) is 6.04 Å². The Labute approximate surface area is 64.2 Å². The zero-order valence-corrected chi connectivity index (χ0v) is 7.57. The van der Waals surface area contributed by atoms with Gasteiger partial charge in [-0.05, 0) is 24.3 Å². The average molecular weight is 141 g/mol. The fourth-order valence-electron chi connectivity index (χ4n) is 1.57. The molecule has 0 aliphatic carbocycles. The summed E-state index contributed by atoms with van der Waals surface area (Å²) < 4.78 is 0. The maximum absolute atomic E-state index is 3.55. The van der Waals surface area contributed by atoms with E-state index in [2.05, 4.69) is 33.0 Å². The predicted octanol–water partition coefficient (Wildman–Crippen LogP) is 2.03. The van der Waals surface area contributed by atoms with Crippen molar-refractivity contribution >= 4 is 0 Å². The largest absolute Gasteiger partial charge is 0.313 e. The molecule has 0 bridgehead atoms. The Morgan fingerprint density at radius 1 is 1.30 bits per heavy atom. The molecular formula is C9H19N. The van der Waals surface area contributed by atoms with Crippen LogP contribution in [0, 0.1) is 11.3 Å². The summed E-state index contributed by atoms with van der Waals surface area (Å²) in [5.74, 6) is 0.879. The highest BCUT2D eigenvalue weighted by Gasteiger charge is 2.30. The molecule has 1 aliphatic heterocycles. The Bertz CT molecular complexity index is 112. The first-order valence-electron chi connectivity index (χ1n) is 4.23. The Morgan fingerprint density at radius 3 is 2.10 bits per heavy atom. The zero-order chi connectivity index (χ0) is 7.78. The van der Waals surface area contributed by atoms with Gasteiger partial charge in [0.25, 0.3) is 0 Å². The zero-order valence-electron chi connectivity index (χ0n) is 7.57. The number of nitrogens with one attached hydrogen (secondary N) is 1. The van der Waals surface area contributed by atoms with Crippen LogP contribution in [0.2, 0.25) is 0 Å². The van der Waals surface area contributed by atoms with Gasteiger partial charge in [0.2, 0.25) is 0 Å². The van der Waals surface area contributed by atoms with Crippen molar-refractivity contribution in [2.24, 2.45) is 11.3 Å². The summed E-state index contributed by atoms with van der Waals surface area (Å²) in [6.45, 7) is 10.5. The van der Waals surface area contributed by atoms with E-state index >= 15 is 0 Å². The van der Waals surface area contributed by atoms with Crippen LogP contribution < -0.4 is 5.32 Å². The predicted molar refractivity (Wildman–Crippen MR) is 45.0 cm³/mol. The Morgan fingerprint density at radius 2 is 1.90 bits per heavy atom. The summed E-state index contributed by atoms with van der Waals surface area (Å²) >= 11 is 0. The van der Waals surface area contributed by atoms with Gasteiger partial charge >= 0.3 is 0 Å². The molecule has 1 saturated heterocycles. The first-order chi connectivity index (χ1) is 4.50. The SMILES string of the molecule is C[C@H]1CN[C@@H](C(C)(C)C)C1. The molecule has 10 heavy (non-hydrogen) atoms. The smallest absolute Gasteiger partial charge is 0.0119 e. The minimum atomic E-state index is 0.449. The van der Waals surface area contributed by atoms with Crippen molar-refractivity contribution in [2.75, 3.05) is 6.54 Å². The van der Waals surface area contributed by atoms with Crippen molar-refractivity contribution in [1.29, 1.82) is 0 Å². The lowest BCUT2D eigenvalue weighted by molar-refractivity contribution is 0.291. The molecule has 1 rings (SSSR count). The molecule has 0 spiro atoms. The van der Waals surface area contributed by atoms with Gasteiger partial charge in [-0.1, -0.05) is 27.7 Å². The summed E-state index contributed by atoms with van der Waals surface area (Å²) in [4.78, 5) is 0. The van der Waals surface area contributed by atoms with E-state index in [-0.39, 0.29) is 0 Å². The molecule has 0 radical (unpaired) electrons. The van der Waals surface area contributed by atoms with E-state index in [0.29, 0.717) is 5.41 Å². The van der Waals surface area contributed by atoms with E-state index in [0.717, 1.165) is 12.0 Å². The lowest BCUT2D eigenvalue weighted by Gasteiger charge is -2.26. The summed E-state index contributed by atoms with van der Waals surface area (Å²) in [6.07, 6.45) is 1.35. The average Bonchev–Trinajstić information content (AvgIpc) is 2.11. The van der Waals surface area contributed by atoms with Crippen LogP contribution in [0.4, 0.5) is 0 Å². The molecule has 2 atom stereocenters. The van der Waals surface area contributed by atoms with Gasteiger partial charge in [-0.15, -0.1) is 0 Å². The van der Waals surface area contributed by atoms with Crippen LogP contribution in [0.15, 0.2) is 0 Å². The van der Waals surface area contributed by atoms with Crippen LogP contribution >= 0.6 is 0 Å². The second-order valence-corrected chi connectivity index (χ2v) is 4.67. The van der Waals surface area contributed by atoms with Gasteiger partial charge in [0.1, 0.15) is 0 Å². The minimum Gasteiger partial charge on any atom is -0.313 e. The van der Waals surface area contributed by atoms with Crippen LogP contribution in [0.1, 0.15) is 34.1 Å². The van der Waals surface area contributed by atoms with E-state index in [1.165, 1.54) is 13.0 Å². The third-order valence-corrected chi connectivity index (χ3v) is 2.40.